The first-order valence-corrected chi connectivity index (χ1v) is 13.6. The number of hydrogen-bond donors (Lipinski definition) is 0. The summed E-state index contributed by atoms with van der Waals surface area (Å²) in [6.45, 7) is 0. The minimum Gasteiger partial charge on any atom is -0.423 e. The first-order chi connectivity index (χ1) is 18.7. The Balaban J connectivity index is 1.23. The average Bonchev–Trinajstić information content (AvgIpc) is 2.96. The smallest absolute Gasteiger partial charge is 0.343 e. The fraction of sp³-hybridized carbons (Fsp3) is 0. The van der Waals surface area contributed by atoms with E-state index in [1.165, 1.54) is 5.39 Å². The molecule has 0 aliphatic heterocycles. The molecule has 7 aromatic rings. The van der Waals surface area contributed by atoms with Crippen molar-refractivity contribution in [2.75, 3.05) is 0 Å². The van der Waals surface area contributed by atoms with Gasteiger partial charge in [0.25, 0.3) is 0 Å². The van der Waals surface area contributed by atoms with Crippen LogP contribution in [0.1, 0.15) is 10.4 Å². The van der Waals surface area contributed by atoms with E-state index in [0.29, 0.717) is 11.3 Å². The van der Waals surface area contributed by atoms with Crippen LogP contribution in [0, 0.1) is 0 Å². The van der Waals surface area contributed by atoms with E-state index in [-0.39, 0.29) is 5.43 Å². The largest absolute Gasteiger partial charge is 0.423 e. The van der Waals surface area contributed by atoms with E-state index >= 15 is 0 Å². The van der Waals surface area contributed by atoms with Gasteiger partial charge in [-0.25, -0.2) is 4.79 Å². The number of carbonyl (C=O) groups is 1. The predicted octanol–water partition coefficient (Wildman–Crippen LogP) is 8.62. The molecule has 0 saturated heterocycles. The number of rotatable bonds is 3. The molecule has 6 aromatic carbocycles. The second kappa shape index (κ2) is 8.94. The highest BCUT2D eigenvalue weighted by Gasteiger charge is 2.23. The summed E-state index contributed by atoms with van der Waals surface area (Å²) in [7, 11) is -0.438. The highest BCUT2D eigenvalue weighted by Crippen LogP contribution is 2.43. The summed E-state index contributed by atoms with van der Waals surface area (Å²) in [5.41, 5.74) is 0.536. The highest BCUT2D eigenvalue weighted by atomic mass is 32.2. The number of ether oxygens (including phenoxy) is 1. The molecule has 0 aliphatic rings. The van der Waals surface area contributed by atoms with Gasteiger partial charge in [-0.05, 0) is 94.3 Å². The van der Waals surface area contributed by atoms with Gasteiger partial charge in [-0.2, -0.15) is 0 Å². The zero-order chi connectivity index (χ0) is 25.6. The van der Waals surface area contributed by atoms with Crippen molar-refractivity contribution in [3.8, 4) is 10.6 Å². The van der Waals surface area contributed by atoms with Crippen molar-refractivity contribution in [3.05, 3.63) is 143 Å². The maximum Gasteiger partial charge on any atom is 0.343 e. The summed E-state index contributed by atoms with van der Waals surface area (Å²) in [5.74, 6) is 0.108. The molecule has 0 bridgehead atoms. The lowest BCUT2D eigenvalue weighted by Crippen LogP contribution is -2.08. The van der Waals surface area contributed by atoms with Gasteiger partial charge < -0.3 is 4.74 Å². The molecule has 0 aliphatic carbocycles. The lowest BCUT2D eigenvalue weighted by molar-refractivity contribution is 0.0735. The van der Waals surface area contributed by atoms with E-state index < -0.39 is 16.4 Å². The van der Waals surface area contributed by atoms with Crippen molar-refractivity contribution in [2.45, 2.75) is 0 Å². The first-order valence-electron chi connectivity index (χ1n) is 12.4. The molecule has 38 heavy (non-hydrogen) atoms. The van der Waals surface area contributed by atoms with E-state index in [1.54, 1.807) is 12.1 Å². The van der Waals surface area contributed by atoms with Crippen molar-refractivity contribution < 1.29 is 9.53 Å². The number of benzene rings is 6. The molecule has 0 amide bonds. The van der Waals surface area contributed by atoms with E-state index in [1.807, 2.05) is 91.0 Å². The topological polar surface area (TPSA) is 43.4 Å². The molecule has 1 aromatic heterocycles. The van der Waals surface area contributed by atoms with Gasteiger partial charge in [-0.15, -0.1) is 0 Å². The summed E-state index contributed by atoms with van der Waals surface area (Å²) in [4.78, 5) is 27.2. The van der Waals surface area contributed by atoms with Gasteiger partial charge >= 0.3 is 5.97 Å². The molecule has 0 unspecified atom stereocenters. The molecule has 0 radical (unpaired) electrons. The van der Waals surface area contributed by atoms with Crippen LogP contribution < -0.4 is 10.2 Å². The maximum absolute atomic E-state index is 13.1. The third kappa shape index (κ3) is 3.74. The van der Waals surface area contributed by atoms with E-state index in [2.05, 4.69) is 24.3 Å². The SMILES string of the molecule is O=C(Oc1ccc2cc3ccccc3cc2c1)c1ccc(-[s+]2c3ccccc3c(=O)c3ccccc32)cc1. The quantitative estimate of drug-likeness (QED) is 0.104. The molecule has 0 atom stereocenters. The van der Waals surface area contributed by atoms with Crippen LogP contribution in [0.3, 0.4) is 0 Å². The Hall–Kier alpha value is -4.80. The summed E-state index contributed by atoms with van der Waals surface area (Å²) >= 11 is 0. The molecule has 4 heteroatoms. The van der Waals surface area contributed by atoms with Crippen LogP contribution in [-0.2, 0) is 0 Å². The molecule has 180 valence electrons. The third-order valence-electron chi connectivity index (χ3n) is 6.92. The summed E-state index contributed by atoms with van der Waals surface area (Å²) < 4.78 is 7.77. The minimum atomic E-state index is -0.438. The Morgan fingerprint density at radius 2 is 1.11 bits per heavy atom. The monoisotopic (exact) mass is 509 g/mol. The molecule has 0 N–H and O–H groups in total. The summed E-state index contributed by atoms with van der Waals surface area (Å²) in [5, 5.41) is 5.92. The van der Waals surface area contributed by atoms with Crippen molar-refractivity contribution >= 4 is 58.2 Å². The van der Waals surface area contributed by atoms with Gasteiger partial charge in [0.1, 0.15) is 5.75 Å². The van der Waals surface area contributed by atoms with Crippen molar-refractivity contribution in [1.82, 2.24) is 0 Å². The lowest BCUT2D eigenvalue weighted by atomic mass is 10.0. The predicted molar refractivity (Wildman–Crippen MR) is 158 cm³/mol. The molecule has 0 saturated carbocycles. The van der Waals surface area contributed by atoms with E-state index in [4.69, 9.17) is 4.74 Å². The highest BCUT2D eigenvalue weighted by molar-refractivity contribution is 7.49. The number of fused-ring (bicyclic) bond motifs is 4. The van der Waals surface area contributed by atoms with Gasteiger partial charge in [0.05, 0.1) is 16.3 Å². The molecule has 0 fully saturated rings. The van der Waals surface area contributed by atoms with Gasteiger partial charge in [0, 0.05) is 10.5 Å². The zero-order valence-electron chi connectivity index (χ0n) is 20.3. The molecule has 0 spiro atoms. The van der Waals surface area contributed by atoms with Gasteiger partial charge in [-0.3, -0.25) is 4.79 Å². The van der Waals surface area contributed by atoms with E-state index in [9.17, 15) is 9.59 Å². The van der Waals surface area contributed by atoms with Crippen molar-refractivity contribution in [1.29, 1.82) is 0 Å². The normalized spacial score (nSPS) is 11.4. The maximum atomic E-state index is 13.1. The second-order valence-corrected chi connectivity index (χ2v) is 11.2. The van der Waals surface area contributed by atoms with Crippen LogP contribution in [-0.4, -0.2) is 5.97 Å². The number of carbonyl (C=O) groups excluding carboxylic acids is 1. The molecule has 7 rings (SSSR count). The molecule has 3 nitrogen and oxygen atoms in total. The Labute approximate surface area is 221 Å². The first kappa shape index (κ1) is 22.4. The minimum absolute atomic E-state index is 0.0588. The third-order valence-corrected chi connectivity index (χ3v) is 9.25. The Bertz CT molecular complexity index is 2030. The average molecular weight is 510 g/mol. The van der Waals surface area contributed by atoms with Crippen molar-refractivity contribution in [2.24, 2.45) is 0 Å². The molecular formula is C34H21O3S+. The van der Waals surface area contributed by atoms with Gasteiger partial charge in [0.2, 0.25) is 5.43 Å². The van der Waals surface area contributed by atoms with Gasteiger partial charge in [-0.1, -0.05) is 54.6 Å². The Morgan fingerprint density at radius 3 is 1.76 bits per heavy atom. The standard InChI is InChI=1S/C34H21O3S/c35-33-29-9-3-5-11-31(29)38(32-12-6-4-10-30(32)33)28-17-14-22(15-18-28)34(36)37-27-16-13-25-19-23-7-1-2-8-24(23)20-26(25)21-27/h1-21H/q+1. The summed E-state index contributed by atoms with van der Waals surface area (Å²) in [6, 6.07) is 41.3. The van der Waals surface area contributed by atoms with Crippen LogP contribution in [0.15, 0.2) is 132 Å². The van der Waals surface area contributed by atoms with Crippen LogP contribution in [0.2, 0.25) is 0 Å². The van der Waals surface area contributed by atoms with Crippen molar-refractivity contribution in [3.63, 3.8) is 0 Å². The fourth-order valence-corrected chi connectivity index (χ4v) is 7.40. The fourth-order valence-electron chi connectivity index (χ4n) is 5.06. The number of esters is 1. The van der Waals surface area contributed by atoms with Crippen LogP contribution in [0.5, 0.6) is 5.75 Å². The summed E-state index contributed by atoms with van der Waals surface area (Å²) in [6.07, 6.45) is 0. The van der Waals surface area contributed by atoms with Crippen LogP contribution in [0.4, 0.5) is 0 Å². The second-order valence-electron chi connectivity index (χ2n) is 9.25. The molecular weight excluding hydrogens is 488 g/mol. The Morgan fingerprint density at radius 1 is 0.553 bits per heavy atom. The zero-order valence-corrected chi connectivity index (χ0v) is 21.1. The van der Waals surface area contributed by atoms with Gasteiger partial charge in [0.15, 0.2) is 14.3 Å². The van der Waals surface area contributed by atoms with Crippen LogP contribution >= 0.6 is 10.5 Å². The molecule has 1 heterocycles. The Kier molecular flexibility index (Phi) is 5.27. The lowest BCUT2D eigenvalue weighted by Gasteiger charge is -2.07. The van der Waals surface area contributed by atoms with Crippen LogP contribution in [0.25, 0.3) is 46.6 Å². The number of hydrogen-bond acceptors (Lipinski definition) is 3. The van der Waals surface area contributed by atoms with E-state index in [0.717, 1.165) is 41.2 Å².